The molecule has 142 valence electrons. The van der Waals surface area contributed by atoms with Gasteiger partial charge in [-0.3, -0.25) is 14.5 Å². The Balaban J connectivity index is 2.22. The highest BCUT2D eigenvalue weighted by Crippen LogP contribution is 2.28. The molecule has 1 N–H and O–H groups in total. The first kappa shape index (κ1) is 19.9. The quantitative estimate of drug-likeness (QED) is 0.761. The Labute approximate surface area is 155 Å². The molecule has 0 aliphatic carbocycles. The summed E-state index contributed by atoms with van der Waals surface area (Å²) in [6.07, 6.45) is 1.63. The maximum atomic E-state index is 12.9. The zero-order valence-electron chi connectivity index (χ0n) is 16.3. The summed E-state index contributed by atoms with van der Waals surface area (Å²) in [6, 6.07) is 8.68. The maximum absolute atomic E-state index is 12.9. The predicted molar refractivity (Wildman–Crippen MR) is 100 cm³/mol. The Bertz CT molecular complexity index is 666. The molecule has 1 aliphatic rings. The second kappa shape index (κ2) is 7.89. The number of nitrogens with zero attached hydrogens (tertiary/aromatic N) is 2. The van der Waals surface area contributed by atoms with E-state index >= 15 is 0 Å². The lowest BCUT2D eigenvalue weighted by Crippen LogP contribution is -2.50. The molecular formula is C20H29N3O3. The summed E-state index contributed by atoms with van der Waals surface area (Å²) in [6.45, 7) is 9.46. The zero-order chi connectivity index (χ0) is 19.5. The number of hydrogen-bond acceptors (Lipinski definition) is 3. The van der Waals surface area contributed by atoms with Crippen LogP contribution in [-0.4, -0.2) is 46.3 Å². The van der Waals surface area contributed by atoms with Crippen LogP contribution in [0.4, 0.5) is 4.79 Å². The van der Waals surface area contributed by atoms with Crippen molar-refractivity contribution in [1.29, 1.82) is 0 Å². The third kappa shape index (κ3) is 3.59. The second-order valence-electron chi connectivity index (χ2n) is 7.13. The number of nitrogens with one attached hydrogen (secondary N) is 1. The number of urea groups is 1. The van der Waals surface area contributed by atoms with E-state index < -0.39 is 17.5 Å². The Morgan fingerprint density at radius 3 is 2.15 bits per heavy atom. The molecule has 0 saturated carbocycles. The zero-order valence-corrected chi connectivity index (χ0v) is 16.3. The van der Waals surface area contributed by atoms with Crippen LogP contribution in [0.25, 0.3) is 0 Å². The Morgan fingerprint density at radius 1 is 1.12 bits per heavy atom. The summed E-state index contributed by atoms with van der Waals surface area (Å²) in [5.41, 5.74) is -0.440. The van der Waals surface area contributed by atoms with E-state index in [9.17, 15) is 14.4 Å². The Hall–Kier alpha value is -2.37. The van der Waals surface area contributed by atoms with E-state index in [1.165, 1.54) is 0 Å². The number of imide groups is 1. The molecule has 1 heterocycles. The first-order chi connectivity index (χ1) is 12.3. The van der Waals surface area contributed by atoms with Crippen LogP contribution in [0.15, 0.2) is 30.3 Å². The lowest BCUT2D eigenvalue weighted by atomic mass is 9.92. The van der Waals surface area contributed by atoms with E-state index in [2.05, 4.69) is 5.32 Å². The maximum Gasteiger partial charge on any atom is 0.325 e. The molecule has 6 nitrogen and oxygen atoms in total. The second-order valence-corrected chi connectivity index (χ2v) is 7.13. The van der Waals surface area contributed by atoms with Crippen molar-refractivity contribution in [2.45, 2.75) is 65.1 Å². The third-order valence-corrected chi connectivity index (χ3v) is 5.34. The predicted octanol–water partition coefficient (Wildman–Crippen LogP) is 2.88. The largest absolute Gasteiger partial charge is 0.336 e. The molecule has 3 atom stereocenters. The van der Waals surface area contributed by atoms with Gasteiger partial charge >= 0.3 is 6.03 Å². The molecular weight excluding hydrogens is 330 g/mol. The number of benzene rings is 1. The lowest BCUT2D eigenvalue weighted by molar-refractivity contribution is -0.141. The molecule has 1 aliphatic heterocycles. The van der Waals surface area contributed by atoms with Crippen molar-refractivity contribution in [3.8, 4) is 0 Å². The number of carbonyl (C=O) groups excluding carboxylic acids is 3. The van der Waals surface area contributed by atoms with Gasteiger partial charge in [-0.05, 0) is 39.2 Å². The van der Waals surface area contributed by atoms with Gasteiger partial charge in [-0.1, -0.05) is 44.2 Å². The van der Waals surface area contributed by atoms with Gasteiger partial charge < -0.3 is 10.2 Å². The standard InChI is InChI=1S/C20H29N3O3/c1-6-14(3)23(15(4)7-2)17(24)13-22-18(25)20(5,21-19(22)26)16-11-9-8-10-12-16/h8-12,14-15H,6-7,13H2,1-5H3,(H,21,26)/t14-,15+,20-/m0/s1. The fourth-order valence-corrected chi connectivity index (χ4v) is 3.34. The van der Waals surface area contributed by atoms with E-state index in [1.54, 1.807) is 24.0 Å². The number of amides is 4. The van der Waals surface area contributed by atoms with Crippen LogP contribution in [0.2, 0.25) is 0 Å². The van der Waals surface area contributed by atoms with Crippen LogP contribution in [0.3, 0.4) is 0 Å². The smallest absolute Gasteiger partial charge is 0.325 e. The van der Waals surface area contributed by atoms with Crippen LogP contribution in [0.5, 0.6) is 0 Å². The van der Waals surface area contributed by atoms with Gasteiger partial charge in [0.1, 0.15) is 12.1 Å². The molecule has 0 aromatic heterocycles. The molecule has 4 amide bonds. The first-order valence-corrected chi connectivity index (χ1v) is 9.27. The van der Waals surface area contributed by atoms with Crippen molar-refractivity contribution < 1.29 is 14.4 Å². The van der Waals surface area contributed by atoms with Crippen molar-refractivity contribution >= 4 is 17.8 Å². The number of hydrogen-bond donors (Lipinski definition) is 1. The SMILES string of the molecule is CC[C@@H](C)N(C(=O)CN1C(=O)N[C@@](C)(c2ccccc2)C1=O)[C@@H](C)CC. The highest BCUT2D eigenvalue weighted by Gasteiger charge is 2.49. The van der Waals surface area contributed by atoms with Crippen LogP contribution in [0.1, 0.15) is 53.0 Å². The van der Waals surface area contributed by atoms with Crippen LogP contribution in [-0.2, 0) is 15.1 Å². The normalized spacial score (nSPS) is 22.1. The van der Waals surface area contributed by atoms with E-state index in [1.807, 2.05) is 45.9 Å². The fourth-order valence-electron chi connectivity index (χ4n) is 3.34. The molecule has 0 unspecified atom stereocenters. The summed E-state index contributed by atoms with van der Waals surface area (Å²) >= 11 is 0. The Kier molecular flexibility index (Phi) is 6.05. The van der Waals surface area contributed by atoms with Gasteiger partial charge in [0.05, 0.1) is 0 Å². The van der Waals surface area contributed by atoms with Crippen molar-refractivity contribution in [3.63, 3.8) is 0 Å². The van der Waals surface area contributed by atoms with Gasteiger partial charge in [-0.25, -0.2) is 4.79 Å². The van der Waals surface area contributed by atoms with E-state index in [4.69, 9.17) is 0 Å². The molecule has 6 heteroatoms. The van der Waals surface area contributed by atoms with Crippen LogP contribution < -0.4 is 5.32 Å². The minimum absolute atomic E-state index is 0.0544. The highest BCUT2D eigenvalue weighted by molar-refractivity contribution is 6.09. The van der Waals surface area contributed by atoms with E-state index in [-0.39, 0.29) is 24.5 Å². The van der Waals surface area contributed by atoms with Gasteiger partial charge in [0, 0.05) is 12.1 Å². The van der Waals surface area contributed by atoms with Gasteiger partial charge in [0.25, 0.3) is 5.91 Å². The molecule has 0 spiro atoms. The Morgan fingerprint density at radius 2 is 1.65 bits per heavy atom. The van der Waals surface area contributed by atoms with Gasteiger partial charge in [-0.2, -0.15) is 0 Å². The van der Waals surface area contributed by atoms with Gasteiger partial charge in [0.15, 0.2) is 0 Å². The van der Waals surface area contributed by atoms with Crippen molar-refractivity contribution in [2.75, 3.05) is 6.54 Å². The fraction of sp³-hybridized carbons (Fsp3) is 0.550. The molecule has 0 bridgehead atoms. The van der Waals surface area contributed by atoms with E-state index in [0.29, 0.717) is 5.56 Å². The minimum atomic E-state index is -1.14. The average molecular weight is 359 g/mol. The number of carbonyl (C=O) groups is 3. The van der Waals surface area contributed by atoms with Crippen molar-refractivity contribution in [2.24, 2.45) is 0 Å². The van der Waals surface area contributed by atoms with Crippen molar-refractivity contribution in [3.05, 3.63) is 35.9 Å². The summed E-state index contributed by atoms with van der Waals surface area (Å²) in [5.74, 6) is -0.593. The highest BCUT2D eigenvalue weighted by atomic mass is 16.2. The number of rotatable bonds is 7. The lowest BCUT2D eigenvalue weighted by Gasteiger charge is -2.35. The summed E-state index contributed by atoms with van der Waals surface area (Å²) < 4.78 is 0. The monoisotopic (exact) mass is 359 g/mol. The molecule has 0 radical (unpaired) electrons. The van der Waals surface area contributed by atoms with Crippen LogP contribution in [0, 0.1) is 0 Å². The summed E-state index contributed by atoms with van der Waals surface area (Å²) in [5, 5.41) is 2.74. The third-order valence-electron chi connectivity index (χ3n) is 5.34. The van der Waals surface area contributed by atoms with Crippen molar-refractivity contribution in [1.82, 2.24) is 15.1 Å². The molecule has 1 aromatic carbocycles. The molecule has 1 aromatic rings. The average Bonchev–Trinajstić information content (AvgIpc) is 2.86. The molecule has 1 fully saturated rings. The molecule has 1 saturated heterocycles. The first-order valence-electron chi connectivity index (χ1n) is 9.27. The molecule has 2 rings (SSSR count). The summed E-state index contributed by atoms with van der Waals surface area (Å²) in [4.78, 5) is 41.1. The minimum Gasteiger partial charge on any atom is -0.336 e. The van der Waals surface area contributed by atoms with E-state index in [0.717, 1.165) is 17.7 Å². The topological polar surface area (TPSA) is 69.7 Å². The van der Waals surface area contributed by atoms with Gasteiger partial charge in [0.2, 0.25) is 5.91 Å². The summed E-state index contributed by atoms with van der Waals surface area (Å²) in [7, 11) is 0. The van der Waals surface area contributed by atoms with Gasteiger partial charge in [-0.15, -0.1) is 0 Å². The van der Waals surface area contributed by atoms with Crippen LogP contribution >= 0.6 is 0 Å². The molecule has 26 heavy (non-hydrogen) atoms.